The van der Waals surface area contributed by atoms with Crippen molar-refractivity contribution in [2.75, 3.05) is 7.11 Å². The van der Waals surface area contributed by atoms with Gasteiger partial charge in [-0.3, -0.25) is 4.98 Å². The average Bonchev–Trinajstić information content (AvgIpc) is 3.10. The highest BCUT2D eigenvalue weighted by atomic mass is 35.5. The molecule has 0 spiro atoms. The Morgan fingerprint density at radius 1 is 1.04 bits per heavy atom. The first-order chi connectivity index (χ1) is 13.4. The number of alkyl halides is 3. The van der Waals surface area contributed by atoms with Gasteiger partial charge in [0.2, 0.25) is 0 Å². The molecule has 0 atom stereocenters. The zero-order valence-corrected chi connectivity index (χ0v) is 15.3. The summed E-state index contributed by atoms with van der Waals surface area (Å²) in [5, 5.41) is 0.172. The lowest BCUT2D eigenvalue weighted by atomic mass is 10.0. The Kier molecular flexibility index (Phi) is 4.47. The lowest BCUT2D eigenvalue weighted by Gasteiger charge is -2.12. The second kappa shape index (κ2) is 6.83. The predicted molar refractivity (Wildman–Crippen MR) is 101 cm³/mol. The van der Waals surface area contributed by atoms with Crippen molar-refractivity contribution in [3.05, 3.63) is 65.3 Å². The second-order valence-corrected chi connectivity index (χ2v) is 6.47. The van der Waals surface area contributed by atoms with Gasteiger partial charge < -0.3 is 9.72 Å². The SMILES string of the molecule is COc1ccc2nc(-c3cccnc3-c3cc(C(F)(F)F)ccc3Cl)[nH]c2c1. The van der Waals surface area contributed by atoms with Crippen molar-refractivity contribution in [3.63, 3.8) is 0 Å². The van der Waals surface area contributed by atoms with E-state index in [0.29, 0.717) is 28.3 Å². The minimum atomic E-state index is -4.48. The van der Waals surface area contributed by atoms with E-state index in [-0.39, 0.29) is 10.6 Å². The number of fused-ring (bicyclic) bond motifs is 1. The minimum Gasteiger partial charge on any atom is -0.497 e. The summed E-state index contributed by atoms with van der Waals surface area (Å²) in [5.74, 6) is 1.13. The number of H-pyrrole nitrogens is 1. The Bertz CT molecular complexity index is 1170. The summed E-state index contributed by atoms with van der Waals surface area (Å²) in [6, 6.07) is 12.0. The first-order valence-electron chi connectivity index (χ1n) is 8.23. The third kappa shape index (κ3) is 3.29. The van der Waals surface area contributed by atoms with Crippen LogP contribution in [0.5, 0.6) is 5.75 Å². The maximum absolute atomic E-state index is 13.2. The number of nitrogens with one attached hydrogen (secondary N) is 1. The molecular formula is C20H13ClF3N3O. The highest BCUT2D eigenvalue weighted by molar-refractivity contribution is 6.33. The fraction of sp³-hybridized carbons (Fsp3) is 0.100. The zero-order valence-electron chi connectivity index (χ0n) is 14.5. The van der Waals surface area contributed by atoms with E-state index >= 15 is 0 Å². The third-order valence-corrected chi connectivity index (χ3v) is 4.63. The molecule has 0 amide bonds. The Morgan fingerprint density at radius 2 is 1.86 bits per heavy atom. The summed E-state index contributed by atoms with van der Waals surface area (Å²) in [5.41, 5.74) is 1.67. The van der Waals surface area contributed by atoms with E-state index in [0.717, 1.165) is 17.6 Å². The third-order valence-electron chi connectivity index (χ3n) is 4.30. The molecule has 2 heterocycles. The fourth-order valence-electron chi connectivity index (χ4n) is 2.94. The molecule has 28 heavy (non-hydrogen) atoms. The van der Waals surface area contributed by atoms with Crippen LogP contribution in [0, 0.1) is 0 Å². The van der Waals surface area contributed by atoms with Crippen LogP contribution in [-0.4, -0.2) is 22.1 Å². The maximum Gasteiger partial charge on any atom is 0.416 e. The molecule has 0 radical (unpaired) electrons. The van der Waals surface area contributed by atoms with Crippen LogP contribution in [-0.2, 0) is 6.18 Å². The van der Waals surface area contributed by atoms with E-state index in [9.17, 15) is 13.2 Å². The molecule has 0 aliphatic rings. The van der Waals surface area contributed by atoms with Gasteiger partial charge in [0.15, 0.2) is 0 Å². The van der Waals surface area contributed by atoms with Gasteiger partial charge in [0.1, 0.15) is 11.6 Å². The molecule has 2 aromatic heterocycles. The van der Waals surface area contributed by atoms with E-state index in [2.05, 4.69) is 15.0 Å². The molecule has 2 aromatic carbocycles. The lowest BCUT2D eigenvalue weighted by Crippen LogP contribution is -2.05. The Balaban J connectivity index is 1.89. The highest BCUT2D eigenvalue weighted by Gasteiger charge is 2.31. The summed E-state index contributed by atoms with van der Waals surface area (Å²) in [6.45, 7) is 0. The van der Waals surface area contributed by atoms with E-state index < -0.39 is 11.7 Å². The van der Waals surface area contributed by atoms with Gasteiger partial charge in [0, 0.05) is 23.4 Å². The summed E-state index contributed by atoms with van der Waals surface area (Å²) >= 11 is 6.20. The van der Waals surface area contributed by atoms with Crippen molar-refractivity contribution >= 4 is 22.6 Å². The van der Waals surface area contributed by atoms with E-state index in [1.165, 1.54) is 12.3 Å². The van der Waals surface area contributed by atoms with Gasteiger partial charge >= 0.3 is 6.18 Å². The smallest absolute Gasteiger partial charge is 0.416 e. The predicted octanol–water partition coefficient (Wildman–Crippen LogP) is 5.97. The van der Waals surface area contributed by atoms with Gasteiger partial charge in [-0.25, -0.2) is 4.98 Å². The average molecular weight is 404 g/mol. The van der Waals surface area contributed by atoms with Crippen LogP contribution in [0.25, 0.3) is 33.7 Å². The topological polar surface area (TPSA) is 50.8 Å². The van der Waals surface area contributed by atoms with Gasteiger partial charge in [-0.1, -0.05) is 11.6 Å². The number of aromatic nitrogens is 3. The van der Waals surface area contributed by atoms with E-state index in [1.54, 1.807) is 37.4 Å². The van der Waals surface area contributed by atoms with Gasteiger partial charge in [-0.15, -0.1) is 0 Å². The molecule has 142 valence electrons. The normalized spacial score (nSPS) is 11.8. The van der Waals surface area contributed by atoms with Crippen LogP contribution in [0.1, 0.15) is 5.56 Å². The quantitative estimate of drug-likeness (QED) is 0.458. The Labute approximate surface area is 163 Å². The second-order valence-electron chi connectivity index (χ2n) is 6.06. The van der Waals surface area contributed by atoms with Gasteiger partial charge in [0.05, 0.1) is 34.4 Å². The highest BCUT2D eigenvalue weighted by Crippen LogP contribution is 2.38. The number of aromatic amines is 1. The van der Waals surface area contributed by atoms with Crippen molar-refractivity contribution in [1.82, 2.24) is 15.0 Å². The van der Waals surface area contributed by atoms with Crippen LogP contribution in [0.3, 0.4) is 0 Å². The molecule has 4 rings (SSSR count). The monoisotopic (exact) mass is 403 g/mol. The molecule has 0 saturated heterocycles. The number of hydrogen-bond donors (Lipinski definition) is 1. The fourth-order valence-corrected chi connectivity index (χ4v) is 3.14. The molecule has 8 heteroatoms. The first-order valence-corrected chi connectivity index (χ1v) is 8.61. The molecule has 0 aliphatic heterocycles. The maximum atomic E-state index is 13.2. The van der Waals surface area contributed by atoms with Gasteiger partial charge in [0.25, 0.3) is 0 Å². The summed E-state index contributed by atoms with van der Waals surface area (Å²) < 4.78 is 44.7. The molecule has 0 aliphatic carbocycles. The Hall–Kier alpha value is -3.06. The van der Waals surface area contributed by atoms with Crippen molar-refractivity contribution in [2.24, 2.45) is 0 Å². The number of pyridine rings is 1. The number of ether oxygens (including phenoxy) is 1. The van der Waals surface area contributed by atoms with Crippen molar-refractivity contribution in [2.45, 2.75) is 6.18 Å². The summed E-state index contributed by atoms with van der Waals surface area (Å²) in [7, 11) is 1.56. The molecule has 4 nitrogen and oxygen atoms in total. The van der Waals surface area contributed by atoms with E-state index in [1.807, 2.05) is 0 Å². The minimum absolute atomic E-state index is 0.172. The molecule has 0 saturated carbocycles. The molecule has 0 unspecified atom stereocenters. The number of imidazole rings is 1. The van der Waals surface area contributed by atoms with Crippen LogP contribution in [0.15, 0.2) is 54.7 Å². The lowest BCUT2D eigenvalue weighted by molar-refractivity contribution is -0.137. The van der Waals surface area contributed by atoms with Gasteiger partial charge in [-0.2, -0.15) is 13.2 Å². The zero-order chi connectivity index (χ0) is 19.9. The number of hydrogen-bond acceptors (Lipinski definition) is 3. The van der Waals surface area contributed by atoms with Crippen LogP contribution < -0.4 is 4.74 Å². The molecular weight excluding hydrogens is 391 g/mol. The van der Waals surface area contributed by atoms with E-state index in [4.69, 9.17) is 16.3 Å². The Morgan fingerprint density at radius 3 is 2.61 bits per heavy atom. The number of nitrogens with zero attached hydrogens (tertiary/aromatic N) is 2. The summed E-state index contributed by atoms with van der Waals surface area (Å²) in [4.78, 5) is 12.0. The first kappa shape index (κ1) is 18.3. The van der Waals surface area contributed by atoms with Crippen molar-refractivity contribution in [1.29, 1.82) is 0 Å². The number of benzene rings is 2. The molecule has 0 bridgehead atoms. The summed E-state index contributed by atoms with van der Waals surface area (Å²) in [6.07, 6.45) is -2.98. The largest absolute Gasteiger partial charge is 0.497 e. The van der Waals surface area contributed by atoms with Crippen LogP contribution in [0.4, 0.5) is 13.2 Å². The van der Waals surface area contributed by atoms with Crippen molar-refractivity contribution < 1.29 is 17.9 Å². The van der Waals surface area contributed by atoms with Gasteiger partial charge in [-0.05, 0) is 42.5 Å². The number of methoxy groups -OCH3 is 1. The molecule has 0 fully saturated rings. The van der Waals surface area contributed by atoms with Crippen molar-refractivity contribution in [3.8, 4) is 28.4 Å². The number of rotatable bonds is 3. The molecule has 1 N–H and O–H groups in total. The van der Waals surface area contributed by atoms with Crippen LogP contribution >= 0.6 is 11.6 Å². The molecule has 4 aromatic rings. The standard InChI is InChI=1S/C20H13ClF3N3O/c1-28-12-5-7-16-17(10-12)27-19(26-16)13-3-2-8-25-18(13)14-9-11(20(22,23)24)4-6-15(14)21/h2-10H,1H3,(H,26,27). The van der Waals surface area contributed by atoms with Crippen LogP contribution in [0.2, 0.25) is 5.02 Å². The number of halogens is 4.